The third-order valence-corrected chi connectivity index (χ3v) is 3.94. The van der Waals surface area contributed by atoms with Gasteiger partial charge in [0.05, 0.1) is 19.8 Å². The van der Waals surface area contributed by atoms with Gasteiger partial charge in [0.2, 0.25) is 0 Å². The van der Waals surface area contributed by atoms with Gasteiger partial charge in [0.1, 0.15) is 0 Å². The van der Waals surface area contributed by atoms with Gasteiger partial charge < -0.3 is 9.47 Å². The van der Waals surface area contributed by atoms with Crippen LogP contribution in [0.1, 0.15) is 38.3 Å². The Labute approximate surface area is 128 Å². The number of Topliss-reactive ketones (excluding diaryl/α,β-unsaturated/α-hetero) is 1. The number of hydrogen-bond acceptors (Lipinski definition) is 4. The average Bonchev–Trinajstić information content (AvgIpc) is 2.95. The highest BCUT2D eigenvalue weighted by Crippen LogP contribution is 2.41. The molecule has 0 amide bonds. The number of hydrogen-bond donors (Lipinski definition) is 0. The highest BCUT2D eigenvalue weighted by Gasteiger charge is 2.31. The quantitative estimate of drug-likeness (QED) is 0.814. The molecule has 0 saturated carbocycles. The van der Waals surface area contributed by atoms with Crippen molar-refractivity contribution in [2.75, 3.05) is 14.2 Å². The fourth-order valence-electron chi connectivity index (χ4n) is 2.90. The van der Waals surface area contributed by atoms with Crippen LogP contribution in [0.15, 0.2) is 36.4 Å². The molecule has 112 valence electrons. The summed E-state index contributed by atoms with van der Waals surface area (Å²) >= 11 is 0. The molecule has 0 saturated heterocycles. The van der Waals surface area contributed by atoms with Gasteiger partial charge in [-0.2, -0.15) is 0 Å². The van der Waals surface area contributed by atoms with E-state index in [1.807, 2.05) is 18.2 Å². The molecule has 1 aliphatic rings. The van der Waals surface area contributed by atoms with Crippen molar-refractivity contribution < 1.29 is 19.1 Å². The molecular weight excluding hydrogens is 280 g/mol. The summed E-state index contributed by atoms with van der Waals surface area (Å²) in [5.74, 6) is 0.723. The maximum Gasteiger partial charge on any atom is 0.193 e. The van der Waals surface area contributed by atoms with E-state index in [9.17, 15) is 9.59 Å². The lowest BCUT2D eigenvalue weighted by molar-refractivity contribution is 0.0990. The Bertz CT molecular complexity index is 747. The second kappa shape index (κ2) is 5.64. The molecule has 0 N–H and O–H groups in total. The van der Waals surface area contributed by atoms with Gasteiger partial charge in [-0.25, -0.2) is 0 Å². The van der Waals surface area contributed by atoms with E-state index in [2.05, 4.69) is 0 Å². The Hall–Kier alpha value is -2.62. The van der Waals surface area contributed by atoms with E-state index >= 15 is 0 Å². The van der Waals surface area contributed by atoms with Gasteiger partial charge in [-0.15, -0.1) is 0 Å². The van der Waals surface area contributed by atoms with Crippen molar-refractivity contribution in [1.82, 2.24) is 0 Å². The summed E-state index contributed by atoms with van der Waals surface area (Å²) in [5.41, 5.74) is 2.36. The van der Waals surface area contributed by atoms with Crippen molar-refractivity contribution in [3.63, 3.8) is 0 Å². The molecule has 0 aliphatic heterocycles. The molecule has 0 radical (unpaired) electrons. The summed E-state index contributed by atoms with van der Waals surface area (Å²) in [6, 6.07) is 10.7. The number of fused-ring (bicyclic) bond motifs is 1. The smallest absolute Gasteiger partial charge is 0.193 e. The molecule has 4 nitrogen and oxygen atoms in total. The number of benzene rings is 2. The summed E-state index contributed by atoms with van der Waals surface area (Å²) in [4.78, 5) is 25.0. The molecule has 2 aromatic rings. The number of methoxy groups -OCH3 is 2. The third kappa shape index (κ3) is 2.17. The van der Waals surface area contributed by atoms with Crippen molar-refractivity contribution in [3.05, 3.63) is 58.7 Å². The van der Waals surface area contributed by atoms with E-state index < -0.39 is 0 Å². The van der Waals surface area contributed by atoms with Crippen LogP contribution in [-0.4, -0.2) is 25.8 Å². The molecule has 4 heteroatoms. The Morgan fingerprint density at radius 3 is 2.41 bits per heavy atom. The Morgan fingerprint density at radius 2 is 1.77 bits per heavy atom. The number of ketones is 2. The van der Waals surface area contributed by atoms with Crippen molar-refractivity contribution in [2.24, 2.45) is 0 Å². The molecular formula is C18H16O4. The van der Waals surface area contributed by atoms with Crippen LogP contribution in [0.3, 0.4) is 0 Å². The van der Waals surface area contributed by atoms with Crippen LogP contribution in [0.25, 0.3) is 0 Å². The molecule has 22 heavy (non-hydrogen) atoms. The molecule has 1 aliphatic carbocycles. The van der Waals surface area contributed by atoms with Crippen LogP contribution in [0.2, 0.25) is 0 Å². The first kappa shape index (κ1) is 14.3. The van der Waals surface area contributed by atoms with Gasteiger partial charge in [-0.1, -0.05) is 30.3 Å². The zero-order valence-corrected chi connectivity index (χ0v) is 12.5. The normalized spacial score (nSPS) is 12.9. The maximum absolute atomic E-state index is 12.8. The lowest BCUT2D eigenvalue weighted by Gasteiger charge is -2.15. The van der Waals surface area contributed by atoms with Gasteiger partial charge >= 0.3 is 0 Å². The van der Waals surface area contributed by atoms with Gasteiger partial charge in [0.25, 0.3) is 0 Å². The highest BCUT2D eigenvalue weighted by atomic mass is 16.5. The predicted molar refractivity (Wildman–Crippen MR) is 82.1 cm³/mol. The summed E-state index contributed by atoms with van der Waals surface area (Å²) < 4.78 is 10.6. The van der Waals surface area contributed by atoms with E-state index in [0.717, 1.165) is 5.56 Å². The topological polar surface area (TPSA) is 52.6 Å². The van der Waals surface area contributed by atoms with E-state index in [1.165, 1.54) is 14.2 Å². The lowest BCUT2D eigenvalue weighted by Crippen LogP contribution is -2.08. The van der Waals surface area contributed by atoms with Crippen LogP contribution in [-0.2, 0) is 6.42 Å². The van der Waals surface area contributed by atoms with Crippen LogP contribution >= 0.6 is 0 Å². The van der Waals surface area contributed by atoms with Crippen LogP contribution in [0.4, 0.5) is 0 Å². The fraction of sp³-hybridized carbons (Fsp3) is 0.222. The second-order valence-electron chi connectivity index (χ2n) is 5.13. The van der Waals surface area contributed by atoms with E-state index in [0.29, 0.717) is 41.0 Å². The molecule has 3 rings (SSSR count). The minimum Gasteiger partial charge on any atom is -0.493 e. The first-order valence-corrected chi connectivity index (χ1v) is 7.08. The minimum atomic E-state index is -0.104. The summed E-state index contributed by atoms with van der Waals surface area (Å²) in [6.07, 6.45) is 0.955. The van der Waals surface area contributed by atoms with E-state index in [4.69, 9.17) is 9.47 Å². The van der Waals surface area contributed by atoms with E-state index in [-0.39, 0.29) is 11.6 Å². The molecule has 0 unspecified atom stereocenters. The van der Waals surface area contributed by atoms with Crippen molar-refractivity contribution in [2.45, 2.75) is 12.8 Å². The number of carbonyl (C=O) groups excluding carboxylic acids is 2. The van der Waals surface area contributed by atoms with Crippen LogP contribution in [0, 0.1) is 0 Å². The van der Waals surface area contributed by atoms with Crippen LogP contribution in [0.5, 0.6) is 11.5 Å². The van der Waals surface area contributed by atoms with Crippen LogP contribution < -0.4 is 9.47 Å². The average molecular weight is 296 g/mol. The third-order valence-electron chi connectivity index (χ3n) is 3.94. The molecule has 0 spiro atoms. The summed E-state index contributed by atoms with van der Waals surface area (Å²) in [5, 5.41) is 0. The Kier molecular flexibility index (Phi) is 3.67. The summed E-state index contributed by atoms with van der Waals surface area (Å²) in [6.45, 7) is 0. The monoisotopic (exact) mass is 296 g/mol. The minimum absolute atomic E-state index is 0.00661. The van der Waals surface area contributed by atoms with Crippen molar-refractivity contribution >= 4 is 11.6 Å². The van der Waals surface area contributed by atoms with Crippen molar-refractivity contribution in [1.29, 1.82) is 0 Å². The predicted octanol–water partition coefficient (Wildman–Crippen LogP) is 3.06. The number of rotatable bonds is 4. The number of ether oxygens (including phenoxy) is 2. The molecule has 2 aromatic carbocycles. The lowest BCUT2D eigenvalue weighted by atomic mass is 9.94. The standard InChI is InChI=1S/C18H16O4/c1-21-15-10-13(17(20)11-6-4-3-5-7-11)12-8-9-14(19)16(12)18(15)22-2/h3-7,10H,8-9H2,1-2H3. The largest absolute Gasteiger partial charge is 0.493 e. The van der Waals surface area contributed by atoms with Gasteiger partial charge in [0.15, 0.2) is 23.1 Å². The first-order valence-electron chi connectivity index (χ1n) is 7.08. The van der Waals surface area contributed by atoms with Crippen molar-refractivity contribution in [3.8, 4) is 11.5 Å². The zero-order chi connectivity index (χ0) is 15.7. The van der Waals surface area contributed by atoms with E-state index in [1.54, 1.807) is 18.2 Å². The molecule has 0 bridgehead atoms. The zero-order valence-electron chi connectivity index (χ0n) is 12.5. The summed E-state index contributed by atoms with van der Waals surface area (Å²) in [7, 11) is 3.00. The molecule has 0 heterocycles. The second-order valence-corrected chi connectivity index (χ2v) is 5.13. The van der Waals surface area contributed by atoms with Gasteiger partial charge in [-0.05, 0) is 18.1 Å². The van der Waals surface area contributed by atoms with Gasteiger partial charge in [0, 0.05) is 17.5 Å². The Morgan fingerprint density at radius 1 is 1.05 bits per heavy atom. The maximum atomic E-state index is 12.8. The highest BCUT2D eigenvalue weighted by molar-refractivity contribution is 6.14. The SMILES string of the molecule is COc1cc(C(=O)c2ccccc2)c2c(c1OC)C(=O)CC2. The molecule has 0 fully saturated rings. The van der Waals surface area contributed by atoms with Gasteiger partial charge in [-0.3, -0.25) is 9.59 Å². The first-order chi connectivity index (χ1) is 10.7. The molecule has 0 aromatic heterocycles. The fourth-order valence-corrected chi connectivity index (χ4v) is 2.90. The number of carbonyl (C=O) groups is 2. The molecule has 0 atom stereocenters. The Balaban J connectivity index is 2.21.